The molecule has 0 saturated carbocycles. The fraction of sp³-hybridized carbons (Fsp3) is 0.409. The quantitative estimate of drug-likeness (QED) is 0.230. The van der Waals surface area contributed by atoms with E-state index in [9.17, 15) is 5.11 Å². The summed E-state index contributed by atoms with van der Waals surface area (Å²) in [6.45, 7) is 11.1. The third kappa shape index (κ3) is 7.40. The summed E-state index contributed by atoms with van der Waals surface area (Å²) in [6.07, 6.45) is 0.168. The Kier molecular flexibility index (Phi) is 9.59. The molecule has 0 bridgehead atoms. The molecule has 31 heavy (non-hydrogen) atoms. The minimum absolute atomic E-state index is 0.304. The van der Waals surface area contributed by atoms with Crippen LogP contribution in [0.3, 0.4) is 0 Å². The van der Waals surface area contributed by atoms with E-state index in [0.717, 1.165) is 17.9 Å². The maximum absolute atomic E-state index is 9.43. The first kappa shape index (κ1) is 25.0. The third-order valence-electron chi connectivity index (χ3n) is 4.16. The van der Waals surface area contributed by atoms with E-state index in [1.807, 2.05) is 16.7 Å². The van der Waals surface area contributed by atoms with Crippen molar-refractivity contribution < 1.29 is 5.11 Å². The standard InChI is InChI=1S/C22H29ClN6OS/c1-14(2)27-9-6-10-29-21(26-5)19(20(24)25-4)28-22(29)31-18-12-16(8-7-15(3)30)11-17(23)13-18/h11-15,27,30H,5-6,9-10H2,1-4H3,(H2,24,25). The van der Waals surface area contributed by atoms with Crippen LogP contribution >= 0.6 is 23.4 Å². The molecule has 7 nitrogen and oxygen atoms in total. The first-order valence-corrected chi connectivity index (χ1v) is 11.2. The number of nitrogens with zero attached hydrogens (tertiary/aromatic N) is 4. The molecule has 9 heteroatoms. The number of aliphatic hydroxyl groups is 1. The number of nitrogens with one attached hydrogen (secondary N) is 1. The summed E-state index contributed by atoms with van der Waals surface area (Å²) in [7, 11) is 1.62. The molecular formula is C22H29ClN6OS. The van der Waals surface area contributed by atoms with Gasteiger partial charge in [-0.25, -0.2) is 9.98 Å². The van der Waals surface area contributed by atoms with Crippen molar-refractivity contribution in [2.45, 2.75) is 55.9 Å². The van der Waals surface area contributed by atoms with E-state index in [4.69, 9.17) is 22.3 Å². The number of amidine groups is 1. The number of benzene rings is 1. The van der Waals surface area contributed by atoms with Crippen molar-refractivity contribution in [3.8, 4) is 11.8 Å². The molecule has 166 valence electrons. The van der Waals surface area contributed by atoms with Gasteiger partial charge in [0.25, 0.3) is 0 Å². The first-order chi connectivity index (χ1) is 14.7. The summed E-state index contributed by atoms with van der Waals surface area (Å²) in [5.74, 6) is 6.56. The Bertz CT molecular complexity index is 1000. The summed E-state index contributed by atoms with van der Waals surface area (Å²) in [5.41, 5.74) is 7.28. The van der Waals surface area contributed by atoms with Crippen molar-refractivity contribution in [1.29, 1.82) is 0 Å². The Labute approximate surface area is 193 Å². The zero-order chi connectivity index (χ0) is 23.0. The minimum Gasteiger partial charge on any atom is -0.382 e. The van der Waals surface area contributed by atoms with Gasteiger partial charge in [0, 0.05) is 35.1 Å². The van der Waals surface area contributed by atoms with Crippen LogP contribution in [0.15, 0.2) is 38.2 Å². The number of nitrogens with two attached hydrogens (primary N) is 1. The molecule has 0 aliphatic carbocycles. The van der Waals surface area contributed by atoms with Crippen LogP contribution < -0.4 is 11.1 Å². The van der Waals surface area contributed by atoms with Gasteiger partial charge in [-0.3, -0.25) is 4.99 Å². The summed E-state index contributed by atoms with van der Waals surface area (Å²) in [6, 6.07) is 5.93. The maximum atomic E-state index is 9.43. The highest BCUT2D eigenvalue weighted by atomic mass is 35.5. The Morgan fingerprint density at radius 2 is 2.13 bits per heavy atom. The average molecular weight is 461 g/mol. The molecule has 2 aromatic rings. The van der Waals surface area contributed by atoms with E-state index in [2.05, 4.69) is 47.7 Å². The second-order valence-corrected chi connectivity index (χ2v) is 8.65. The van der Waals surface area contributed by atoms with Crippen LogP contribution in [-0.2, 0) is 6.54 Å². The number of aliphatic imine (C=N–C) groups is 2. The summed E-state index contributed by atoms with van der Waals surface area (Å²) in [5, 5.41) is 14.1. The lowest BCUT2D eigenvalue weighted by Gasteiger charge is -2.12. The van der Waals surface area contributed by atoms with E-state index < -0.39 is 6.10 Å². The van der Waals surface area contributed by atoms with Gasteiger partial charge in [-0.15, -0.1) is 0 Å². The average Bonchev–Trinajstić information content (AvgIpc) is 3.05. The van der Waals surface area contributed by atoms with E-state index in [1.165, 1.54) is 11.8 Å². The molecule has 0 aliphatic heterocycles. The van der Waals surface area contributed by atoms with Crippen molar-refractivity contribution in [2.24, 2.45) is 15.7 Å². The number of halogens is 1. The number of hydrogen-bond acceptors (Lipinski definition) is 6. The SMILES string of the molecule is C=Nc1c(/C(N)=N\C)nc(Sc2cc(Cl)cc(C#CC(C)O)c2)n1CCCNC(C)C. The van der Waals surface area contributed by atoms with Gasteiger partial charge in [0.15, 0.2) is 16.7 Å². The maximum Gasteiger partial charge on any atom is 0.175 e. The van der Waals surface area contributed by atoms with Gasteiger partial charge in [0.1, 0.15) is 11.9 Å². The molecule has 4 N–H and O–H groups in total. The molecule has 1 aromatic heterocycles. The smallest absolute Gasteiger partial charge is 0.175 e. The molecule has 2 rings (SSSR count). The summed E-state index contributed by atoms with van der Waals surface area (Å²) >= 11 is 7.73. The Morgan fingerprint density at radius 1 is 1.39 bits per heavy atom. The fourth-order valence-electron chi connectivity index (χ4n) is 2.76. The van der Waals surface area contributed by atoms with Gasteiger partial charge >= 0.3 is 0 Å². The lowest BCUT2D eigenvalue weighted by atomic mass is 10.2. The number of rotatable bonds is 9. The molecule has 1 aromatic carbocycles. The van der Waals surface area contributed by atoms with Crippen LogP contribution in [0.5, 0.6) is 0 Å². The Morgan fingerprint density at radius 3 is 2.74 bits per heavy atom. The van der Waals surface area contributed by atoms with Gasteiger partial charge in [-0.1, -0.05) is 49.1 Å². The summed E-state index contributed by atoms with van der Waals surface area (Å²) < 4.78 is 2.00. The second-order valence-electron chi connectivity index (χ2n) is 7.17. The lowest BCUT2D eigenvalue weighted by molar-refractivity contribution is 0.253. The highest BCUT2D eigenvalue weighted by Gasteiger charge is 2.20. The van der Waals surface area contributed by atoms with Gasteiger partial charge in [-0.2, -0.15) is 0 Å². The normalized spacial score (nSPS) is 12.5. The third-order valence-corrected chi connectivity index (χ3v) is 5.34. The highest BCUT2D eigenvalue weighted by molar-refractivity contribution is 7.99. The first-order valence-electron chi connectivity index (χ1n) is 9.96. The monoisotopic (exact) mass is 460 g/mol. The van der Waals surface area contributed by atoms with E-state index in [-0.39, 0.29) is 0 Å². The van der Waals surface area contributed by atoms with Gasteiger partial charge in [0.2, 0.25) is 0 Å². The fourth-order valence-corrected chi connectivity index (χ4v) is 4.06. The van der Waals surface area contributed by atoms with Crippen molar-refractivity contribution in [1.82, 2.24) is 14.9 Å². The van der Waals surface area contributed by atoms with Gasteiger partial charge in [-0.05, 0) is 44.8 Å². The van der Waals surface area contributed by atoms with Crippen LogP contribution in [0, 0.1) is 11.8 Å². The number of imidazole rings is 1. The Balaban J connectivity index is 2.41. The predicted molar refractivity (Wildman–Crippen MR) is 130 cm³/mol. The predicted octanol–water partition coefficient (Wildman–Crippen LogP) is 3.48. The van der Waals surface area contributed by atoms with Crippen molar-refractivity contribution in [3.63, 3.8) is 0 Å². The molecule has 0 radical (unpaired) electrons. The van der Waals surface area contributed by atoms with Crippen LogP contribution in [0.4, 0.5) is 5.82 Å². The molecule has 1 atom stereocenters. The second kappa shape index (κ2) is 11.9. The Hall–Kier alpha value is -2.31. The summed E-state index contributed by atoms with van der Waals surface area (Å²) in [4.78, 5) is 13.8. The largest absolute Gasteiger partial charge is 0.382 e. The van der Waals surface area contributed by atoms with Crippen molar-refractivity contribution in [3.05, 3.63) is 34.5 Å². The van der Waals surface area contributed by atoms with E-state index >= 15 is 0 Å². The highest BCUT2D eigenvalue weighted by Crippen LogP contribution is 2.34. The van der Waals surface area contributed by atoms with E-state index in [1.54, 1.807) is 20.0 Å². The van der Waals surface area contributed by atoms with Crippen LogP contribution in [0.25, 0.3) is 0 Å². The molecule has 0 aliphatic rings. The van der Waals surface area contributed by atoms with Crippen molar-refractivity contribution >= 4 is 41.7 Å². The van der Waals surface area contributed by atoms with Gasteiger partial charge < -0.3 is 20.7 Å². The van der Waals surface area contributed by atoms with Crippen LogP contribution in [-0.4, -0.2) is 52.9 Å². The number of aromatic nitrogens is 2. The molecule has 0 saturated heterocycles. The number of hydrogen-bond donors (Lipinski definition) is 3. The molecule has 0 amide bonds. The topological polar surface area (TPSA) is 101 Å². The zero-order valence-corrected chi connectivity index (χ0v) is 19.9. The van der Waals surface area contributed by atoms with Gasteiger partial charge in [0.05, 0.1) is 0 Å². The minimum atomic E-state index is -0.714. The zero-order valence-electron chi connectivity index (χ0n) is 18.3. The molecule has 0 spiro atoms. The molecule has 1 unspecified atom stereocenters. The van der Waals surface area contributed by atoms with Crippen molar-refractivity contribution in [2.75, 3.05) is 13.6 Å². The lowest BCUT2D eigenvalue weighted by Crippen LogP contribution is -2.24. The van der Waals surface area contributed by atoms with Crippen LogP contribution in [0.1, 0.15) is 38.4 Å². The number of aliphatic hydroxyl groups excluding tert-OH is 1. The molecular weight excluding hydrogens is 432 g/mol. The molecule has 0 fully saturated rings. The molecule has 1 heterocycles. The van der Waals surface area contributed by atoms with E-state index in [0.29, 0.717) is 45.7 Å². The van der Waals surface area contributed by atoms with Crippen LogP contribution in [0.2, 0.25) is 5.02 Å².